The van der Waals surface area contributed by atoms with Crippen molar-refractivity contribution in [3.8, 4) is 0 Å². The molecule has 31 heavy (non-hydrogen) atoms. The van der Waals surface area contributed by atoms with Crippen molar-refractivity contribution in [1.82, 2.24) is 5.32 Å². The van der Waals surface area contributed by atoms with Gasteiger partial charge in [0.05, 0.1) is 0 Å². The van der Waals surface area contributed by atoms with Gasteiger partial charge >= 0.3 is 5.97 Å². The highest BCUT2D eigenvalue weighted by Gasteiger charge is 2.54. The van der Waals surface area contributed by atoms with Crippen LogP contribution in [0.15, 0.2) is 24.3 Å². The predicted molar refractivity (Wildman–Crippen MR) is 113 cm³/mol. The van der Waals surface area contributed by atoms with Crippen LogP contribution in [0.1, 0.15) is 55.8 Å². The summed E-state index contributed by atoms with van der Waals surface area (Å²) in [7, 11) is 0. The second-order valence-electron chi connectivity index (χ2n) is 9.49. The molecule has 4 aliphatic rings. The molecule has 166 valence electrons. The van der Waals surface area contributed by atoms with E-state index in [4.69, 9.17) is 10.5 Å². The minimum absolute atomic E-state index is 0.0463. The number of amides is 3. The quantitative estimate of drug-likeness (QED) is 0.574. The van der Waals surface area contributed by atoms with E-state index in [0.717, 1.165) is 19.3 Å². The lowest BCUT2D eigenvalue weighted by atomic mass is 9.49. The third kappa shape index (κ3) is 4.57. The molecule has 8 heteroatoms. The van der Waals surface area contributed by atoms with Gasteiger partial charge in [-0.15, -0.1) is 0 Å². The summed E-state index contributed by atoms with van der Waals surface area (Å²) in [6.45, 7) is 1.12. The molecule has 4 N–H and O–H groups in total. The maximum absolute atomic E-state index is 13.0. The van der Waals surface area contributed by atoms with E-state index in [1.165, 1.54) is 43.5 Å². The maximum atomic E-state index is 13.0. The van der Waals surface area contributed by atoms with Gasteiger partial charge in [-0.25, -0.2) is 4.79 Å². The number of ether oxygens (including phenoxy) is 1. The van der Waals surface area contributed by atoms with Crippen molar-refractivity contribution in [2.45, 2.75) is 51.5 Å². The molecule has 3 amide bonds. The number of benzene rings is 1. The van der Waals surface area contributed by atoms with Crippen molar-refractivity contribution in [3.05, 3.63) is 29.8 Å². The first-order chi connectivity index (χ1) is 14.7. The van der Waals surface area contributed by atoms with E-state index in [9.17, 15) is 19.2 Å². The van der Waals surface area contributed by atoms with Crippen LogP contribution in [-0.4, -0.2) is 36.3 Å². The Hall–Kier alpha value is -2.90. The Morgan fingerprint density at radius 2 is 1.58 bits per heavy atom. The molecule has 0 radical (unpaired) electrons. The first-order valence-corrected chi connectivity index (χ1v) is 10.9. The van der Waals surface area contributed by atoms with Gasteiger partial charge in [-0.3, -0.25) is 14.4 Å². The zero-order chi connectivity index (χ0) is 22.2. The number of hydrogen-bond acceptors (Lipinski definition) is 5. The number of primary amides is 1. The molecular formula is C23H29N3O5. The van der Waals surface area contributed by atoms with Crippen molar-refractivity contribution in [3.63, 3.8) is 0 Å². The van der Waals surface area contributed by atoms with Gasteiger partial charge in [0.1, 0.15) is 6.04 Å². The van der Waals surface area contributed by atoms with Gasteiger partial charge in [0.15, 0.2) is 6.61 Å². The summed E-state index contributed by atoms with van der Waals surface area (Å²) in [5.74, 6) is 0.156. The molecule has 5 rings (SSSR count). The predicted octanol–water partition coefficient (Wildman–Crippen LogP) is 1.99. The van der Waals surface area contributed by atoms with Crippen LogP contribution in [0.2, 0.25) is 0 Å². The average molecular weight is 428 g/mol. The first kappa shape index (κ1) is 21.3. The SMILES string of the molecule is C[C@H](NC(=O)C12CC3CC(CC(C3)C1)C2)C(=O)OCC(=O)Nc1ccc(C(N)=O)cc1. The Kier molecular flexibility index (Phi) is 5.73. The normalized spacial score (nSPS) is 29.1. The van der Waals surface area contributed by atoms with E-state index in [1.54, 1.807) is 6.92 Å². The fraction of sp³-hybridized carbons (Fsp3) is 0.565. The number of nitrogens with one attached hydrogen (secondary N) is 2. The summed E-state index contributed by atoms with van der Waals surface area (Å²) in [4.78, 5) is 48.5. The van der Waals surface area contributed by atoms with Gasteiger partial charge in [0.2, 0.25) is 11.8 Å². The number of carbonyl (C=O) groups is 4. The van der Waals surface area contributed by atoms with Crippen LogP contribution >= 0.6 is 0 Å². The molecular weight excluding hydrogens is 398 g/mol. The van der Waals surface area contributed by atoms with Crippen LogP contribution in [0.25, 0.3) is 0 Å². The van der Waals surface area contributed by atoms with Crippen molar-refractivity contribution >= 4 is 29.4 Å². The molecule has 0 saturated heterocycles. The first-order valence-electron chi connectivity index (χ1n) is 10.9. The lowest BCUT2D eigenvalue weighted by Crippen LogP contribution is -2.56. The Morgan fingerprint density at radius 3 is 2.10 bits per heavy atom. The fourth-order valence-corrected chi connectivity index (χ4v) is 5.97. The van der Waals surface area contributed by atoms with Gasteiger partial charge in [0.25, 0.3) is 5.91 Å². The third-order valence-electron chi connectivity index (χ3n) is 7.02. The van der Waals surface area contributed by atoms with Gasteiger partial charge in [-0.1, -0.05) is 0 Å². The standard InChI is InChI=1S/C23H29N3O5/c1-13(25-22(30)23-9-14-6-15(10-23)8-16(7-14)11-23)21(29)31-12-19(27)26-18-4-2-17(3-5-18)20(24)28/h2-5,13-16H,6-12H2,1H3,(H2,24,28)(H,25,30)(H,26,27)/t13-,14?,15?,16?,23?/m0/s1. The van der Waals surface area contributed by atoms with E-state index in [1.807, 2.05) is 0 Å². The van der Waals surface area contributed by atoms with E-state index in [0.29, 0.717) is 29.0 Å². The number of anilines is 1. The lowest BCUT2D eigenvalue weighted by molar-refractivity contribution is -0.154. The molecule has 0 spiro atoms. The summed E-state index contributed by atoms with van der Waals surface area (Å²) >= 11 is 0. The third-order valence-corrected chi connectivity index (χ3v) is 7.02. The van der Waals surface area contributed by atoms with Crippen LogP contribution in [0.5, 0.6) is 0 Å². The molecule has 4 fully saturated rings. The summed E-state index contributed by atoms with van der Waals surface area (Å²) < 4.78 is 5.08. The van der Waals surface area contributed by atoms with Crippen LogP contribution < -0.4 is 16.4 Å². The zero-order valence-electron chi connectivity index (χ0n) is 17.7. The zero-order valence-corrected chi connectivity index (χ0v) is 17.7. The Balaban J connectivity index is 1.24. The van der Waals surface area contributed by atoms with Crippen LogP contribution in [-0.2, 0) is 19.1 Å². The van der Waals surface area contributed by atoms with Crippen LogP contribution in [0.3, 0.4) is 0 Å². The van der Waals surface area contributed by atoms with Gasteiger partial charge in [-0.05, 0) is 87.5 Å². The number of esters is 1. The number of hydrogen-bond donors (Lipinski definition) is 3. The van der Waals surface area contributed by atoms with Crippen LogP contribution in [0.4, 0.5) is 5.69 Å². The topological polar surface area (TPSA) is 128 Å². The van der Waals surface area contributed by atoms with Crippen molar-refractivity contribution in [1.29, 1.82) is 0 Å². The van der Waals surface area contributed by atoms with E-state index < -0.39 is 30.4 Å². The molecule has 4 bridgehead atoms. The van der Waals surface area contributed by atoms with Gasteiger partial charge in [0, 0.05) is 16.7 Å². The van der Waals surface area contributed by atoms with E-state index in [2.05, 4.69) is 10.6 Å². The highest BCUT2D eigenvalue weighted by Crippen LogP contribution is 2.60. The minimum atomic E-state index is -0.817. The van der Waals surface area contributed by atoms with Gasteiger partial charge < -0.3 is 21.1 Å². The average Bonchev–Trinajstić information content (AvgIpc) is 2.71. The van der Waals surface area contributed by atoms with Crippen molar-refractivity contribution < 1.29 is 23.9 Å². The molecule has 0 aromatic heterocycles. The van der Waals surface area contributed by atoms with Crippen LogP contribution in [0, 0.1) is 23.2 Å². The molecule has 4 aliphatic carbocycles. The van der Waals surface area contributed by atoms with E-state index in [-0.39, 0.29) is 11.3 Å². The number of rotatable bonds is 7. The van der Waals surface area contributed by atoms with E-state index >= 15 is 0 Å². The van der Waals surface area contributed by atoms with Crippen molar-refractivity contribution in [2.75, 3.05) is 11.9 Å². The lowest BCUT2D eigenvalue weighted by Gasteiger charge is -2.55. The fourth-order valence-electron chi connectivity index (χ4n) is 5.97. The molecule has 8 nitrogen and oxygen atoms in total. The second-order valence-corrected chi connectivity index (χ2v) is 9.49. The highest BCUT2D eigenvalue weighted by molar-refractivity contribution is 5.96. The Morgan fingerprint density at radius 1 is 1.03 bits per heavy atom. The smallest absolute Gasteiger partial charge is 0.328 e. The summed E-state index contributed by atoms with van der Waals surface area (Å²) in [6.07, 6.45) is 6.48. The summed E-state index contributed by atoms with van der Waals surface area (Å²) in [6, 6.07) is 5.24. The maximum Gasteiger partial charge on any atom is 0.328 e. The molecule has 0 heterocycles. The van der Waals surface area contributed by atoms with Gasteiger partial charge in [-0.2, -0.15) is 0 Å². The highest BCUT2D eigenvalue weighted by atomic mass is 16.5. The Bertz CT molecular complexity index is 860. The second kappa shape index (κ2) is 8.32. The molecule has 1 aromatic carbocycles. The Labute approximate surface area is 181 Å². The molecule has 1 atom stereocenters. The molecule has 4 saturated carbocycles. The number of carbonyl (C=O) groups excluding carboxylic acids is 4. The summed E-state index contributed by atoms with van der Waals surface area (Å²) in [5, 5.41) is 5.41. The number of nitrogens with two attached hydrogens (primary N) is 1. The largest absolute Gasteiger partial charge is 0.454 e. The minimum Gasteiger partial charge on any atom is -0.454 e. The molecule has 0 unspecified atom stereocenters. The molecule has 0 aliphatic heterocycles. The monoisotopic (exact) mass is 427 g/mol. The van der Waals surface area contributed by atoms with Crippen molar-refractivity contribution in [2.24, 2.45) is 28.9 Å². The molecule has 1 aromatic rings. The summed E-state index contributed by atoms with van der Waals surface area (Å²) in [5.41, 5.74) is 5.62.